The summed E-state index contributed by atoms with van der Waals surface area (Å²) in [7, 11) is 0. The number of benzene rings is 4. The lowest BCUT2D eigenvalue weighted by atomic mass is 10.0. The third kappa shape index (κ3) is 8.32. The summed E-state index contributed by atoms with van der Waals surface area (Å²) >= 11 is 0. The number of rotatable bonds is 6. The number of phenolic OH excluding ortho intramolecular Hbond substituents is 2. The van der Waals surface area contributed by atoms with Crippen LogP contribution < -0.4 is 0 Å². The summed E-state index contributed by atoms with van der Waals surface area (Å²) in [5.41, 5.74) is 6.51. The zero-order valence-electron chi connectivity index (χ0n) is 27.2. The molecule has 4 aromatic carbocycles. The van der Waals surface area contributed by atoms with Crippen LogP contribution in [0.15, 0.2) is 72.8 Å². The Labute approximate surface area is 267 Å². The molecule has 0 bridgehead atoms. The van der Waals surface area contributed by atoms with Crippen molar-refractivity contribution in [1.29, 1.82) is 0 Å². The zero-order valence-corrected chi connectivity index (χ0v) is 27.2. The Kier molecular flexibility index (Phi) is 12.1. The number of hydrogen-bond donors (Lipinski definition) is 3. The molecule has 6 rings (SSSR count). The van der Waals surface area contributed by atoms with Gasteiger partial charge in [-0.15, -0.1) is 30.0 Å². The quantitative estimate of drug-likeness (QED) is 0.184. The van der Waals surface area contributed by atoms with Crippen LogP contribution >= 0.6 is 0 Å². The second-order valence-electron chi connectivity index (χ2n) is 9.97. The molecule has 0 aliphatic rings. The fourth-order valence-electron chi connectivity index (χ4n) is 4.57. The van der Waals surface area contributed by atoms with Crippen LogP contribution in [0.1, 0.15) is 56.9 Å². The van der Waals surface area contributed by atoms with E-state index in [9.17, 15) is 19.8 Å². The summed E-state index contributed by atoms with van der Waals surface area (Å²) in [6.45, 7) is 13.1. The lowest BCUT2D eigenvalue weighted by molar-refractivity contribution is -0.136. The van der Waals surface area contributed by atoms with Crippen LogP contribution in [0.5, 0.6) is 11.5 Å². The first-order valence-electron chi connectivity index (χ1n) is 15.1. The molecule has 0 saturated heterocycles. The van der Waals surface area contributed by atoms with Crippen molar-refractivity contribution in [3.63, 3.8) is 0 Å². The number of ketones is 1. The molecule has 11 heteroatoms. The second-order valence-corrected chi connectivity index (χ2v) is 9.97. The number of fused-ring (bicyclic) bond motifs is 2. The first-order chi connectivity index (χ1) is 22.1. The molecule has 240 valence electrons. The van der Waals surface area contributed by atoms with E-state index < -0.39 is 5.97 Å². The van der Waals surface area contributed by atoms with E-state index >= 15 is 0 Å². The maximum Gasteiger partial charge on any atom is 0.307 e. The van der Waals surface area contributed by atoms with Crippen LogP contribution in [0.3, 0.4) is 0 Å². The minimum Gasteiger partial charge on any atom is -0.505 e. The number of carbonyl (C=O) groups excluding carboxylic acids is 1. The Morgan fingerprint density at radius 2 is 0.935 bits per heavy atom. The molecule has 0 fully saturated rings. The highest BCUT2D eigenvalue weighted by atomic mass is 16.4. The zero-order chi connectivity index (χ0) is 34.0. The predicted molar refractivity (Wildman–Crippen MR) is 179 cm³/mol. The number of aryl methyl sites for hydroxylation is 2. The molecule has 0 aliphatic carbocycles. The average Bonchev–Trinajstić information content (AvgIpc) is 3.67. The molecule has 0 spiro atoms. The molecule has 11 nitrogen and oxygen atoms in total. The highest BCUT2D eigenvalue weighted by molar-refractivity contribution is 5.79. The monoisotopic (exact) mass is 624 g/mol. The lowest BCUT2D eigenvalue weighted by Gasteiger charge is -2.09. The van der Waals surface area contributed by atoms with Gasteiger partial charge in [0.15, 0.2) is 0 Å². The first-order valence-corrected chi connectivity index (χ1v) is 15.1. The van der Waals surface area contributed by atoms with Crippen molar-refractivity contribution in [2.24, 2.45) is 0 Å². The minimum absolute atomic E-state index is 0.0458. The molecule has 2 heterocycles. The summed E-state index contributed by atoms with van der Waals surface area (Å²) in [6.07, 6.45) is 0.212. The Morgan fingerprint density at radius 1 is 0.609 bits per heavy atom. The molecule has 3 N–H and O–H groups in total. The van der Waals surface area contributed by atoms with Gasteiger partial charge in [0.05, 0.1) is 6.42 Å². The summed E-state index contributed by atoms with van der Waals surface area (Å²) in [5, 5.41) is 46.7. The van der Waals surface area contributed by atoms with Gasteiger partial charge < -0.3 is 15.3 Å². The van der Waals surface area contributed by atoms with Gasteiger partial charge in [-0.05, 0) is 79.4 Å². The van der Waals surface area contributed by atoms with E-state index in [4.69, 9.17) is 5.11 Å². The van der Waals surface area contributed by atoms with Gasteiger partial charge in [0.1, 0.15) is 50.7 Å². The van der Waals surface area contributed by atoms with E-state index in [0.717, 1.165) is 16.6 Å². The topological polar surface area (TPSA) is 156 Å². The van der Waals surface area contributed by atoms with Crippen LogP contribution in [-0.4, -0.2) is 57.1 Å². The average molecular weight is 625 g/mol. The maximum absolute atomic E-state index is 11.3. The third-order valence-electron chi connectivity index (χ3n) is 6.49. The largest absolute Gasteiger partial charge is 0.505 e. The number of hydrogen-bond acceptors (Lipinski definition) is 8. The maximum atomic E-state index is 11.3. The fraction of sp³-hybridized carbons (Fsp3) is 0.257. The number of Topliss-reactive ketones (excluding diaryl/α,β-unsaturated/α-hetero) is 1. The highest BCUT2D eigenvalue weighted by Crippen LogP contribution is 2.29. The predicted octanol–water partition coefficient (Wildman–Crippen LogP) is 6.68. The second kappa shape index (κ2) is 15.9. The fourth-order valence-corrected chi connectivity index (χ4v) is 4.57. The van der Waals surface area contributed by atoms with Crippen molar-refractivity contribution >= 4 is 33.8 Å². The molecule has 46 heavy (non-hydrogen) atoms. The van der Waals surface area contributed by atoms with E-state index in [1.54, 1.807) is 39.0 Å². The van der Waals surface area contributed by atoms with E-state index in [1.165, 1.54) is 9.59 Å². The molecule has 0 unspecified atom stereocenters. The van der Waals surface area contributed by atoms with Gasteiger partial charge in [0, 0.05) is 6.42 Å². The Hall–Kier alpha value is -5.58. The molecular formula is C35H40N6O5. The van der Waals surface area contributed by atoms with E-state index in [1.807, 2.05) is 82.3 Å². The van der Waals surface area contributed by atoms with Crippen LogP contribution in [0.2, 0.25) is 0 Å². The van der Waals surface area contributed by atoms with Gasteiger partial charge in [0.25, 0.3) is 0 Å². The van der Waals surface area contributed by atoms with Gasteiger partial charge in [-0.2, -0.15) is 0 Å². The van der Waals surface area contributed by atoms with Gasteiger partial charge in [-0.25, -0.2) is 0 Å². The number of aromatic nitrogens is 6. The lowest BCUT2D eigenvalue weighted by Crippen LogP contribution is -2.05. The van der Waals surface area contributed by atoms with Crippen molar-refractivity contribution < 1.29 is 24.9 Å². The van der Waals surface area contributed by atoms with Gasteiger partial charge in [0.2, 0.25) is 0 Å². The molecule has 6 aromatic rings. The smallest absolute Gasteiger partial charge is 0.307 e. The number of carboxylic acid groups (broad SMARTS) is 1. The van der Waals surface area contributed by atoms with E-state index in [0.29, 0.717) is 45.5 Å². The summed E-state index contributed by atoms with van der Waals surface area (Å²) < 4.78 is 0. The number of carboxylic acids is 1. The number of phenols is 2. The Morgan fingerprint density at radius 3 is 1.24 bits per heavy atom. The van der Waals surface area contributed by atoms with Gasteiger partial charge in [-0.3, -0.25) is 9.59 Å². The van der Waals surface area contributed by atoms with Crippen molar-refractivity contribution in [2.75, 3.05) is 0 Å². The molecule has 0 saturated carbocycles. The Bertz CT molecular complexity index is 1750. The Balaban J connectivity index is 0.000000226. The molecule has 0 amide bonds. The van der Waals surface area contributed by atoms with Crippen molar-refractivity contribution in [3.05, 3.63) is 95.1 Å². The third-order valence-corrected chi connectivity index (χ3v) is 6.49. The molecule has 0 atom stereocenters. The van der Waals surface area contributed by atoms with Crippen LogP contribution in [0, 0.1) is 13.8 Å². The number of carbonyl (C=O) groups is 2. The molecular weight excluding hydrogens is 584 g/mol. The van der Waals surface area contributed by atoms with Crippen molar-refractivity contribution in [3.8, 4) is 22.9 Å². The highest BCUT2D eigenvalue weighted by Gasteiger charge is 2.15. The van der Waals surface area contributed by atoms with E-state index in [2.05, 4.69) is 20.4 Å². The molecule has 0 radical (unpaired) electrons. The van der Waals surface area contributed by atoms with Crippen molar-refractivity contribution in [2.45, 2.75) is 61.3 Å². The summed E-state index contributed by atoms with van der Waals surface area (Å²) in [5.74, 6) is -0.679. The van der Waals surface area contributed by atoms with Gasteiger partial charge in [-0.1, -0.05) is 64.1 Å². The van der Waals surface area contributed by atoms with Crippen LogP contribution in [0.25, 0.3) is 33.4 Å². The summed E-state index contributed by atoms with van der Waals surface area (Å²) in [4.78, 5) is 24.9. The number of aliphatic carboxylic acids is 1. The minimum atomic E-state index is -0.926. The van der Waals surface area contributed by atoms with Crippen molar-refractivity contribution in [1.82, 2.24) is 30.0 Å². The van der Waals surface area contributed by atoms with Crippen LogP contribution in [0.4, 0.5) is 0 Å². The van der Waals surface area contributed by atoms with Gasteiger partial charge >= 0.3 is 5.97 Å². The standard InChI is InChI=1S/C16H15N3O2.C15H13N3O3.2C2H6/c1-10-7-12(8-11(2)20)9-15(16(10)21)19-17-13-5-3-4-6-14(13)18-19;1-9-6-10(8-14(19)20)7-13(15(9)21)18-16-11-4-2-3-5-12(11)17-18;2*1-2/h3-7,9,21H,8H2,1-2H3;2-7,21H,8H2,1H3,(H,19,20);2*1-2H3. The normalized spacial score (nSPS) is 10.2. The molecule has 2 aromatic heterocycles. The molecule has 0 aliphatic heterocycles. The SMILES string of the molecule is CC.CC.CC(=O)Cc1cc(C)c(O)c(-n2nc3ccccc3n2)c1.Cc1cc(CC(=O)O)cc(-n2nc3ccccc3n2)c1O. The summed E-state index contributed by atoms with van der Waals surface area (Å²) in [6, 6.07) is 21.7. The van der Waals surface area contributed by atoms with E-state index in [-0.39, 0.29) is 23.7 Å². The number of aromatic hydroxyl groups is 2. The van der Waals surface area contributed by atoms with Crippen LogP contribution in [-0.2, 0) is 22.4 Å². The first kappa shape index (κ1) is 34.9. The number of nitrogens with zero attached hydrogens (tertiary/aromatic N) is 6.